The number of nitrogens with one attached hydrogen (secondary N) is 1. The summed E-state index contributed by atoms with van der Waals surface area (Å²) in [5, 5.41) is 13.9. The van der Waals surface area contributed by atoms with E-state index in [2.05, 4.69) is 22.1 Å². The number of aliphatic hydroxyl groups is 1. The first kappa shape index (κ1) is 15.2. The second-order valence-electron chi connectivity index (χ2n) is 4.22. The zero-order valence-electron chi connectivity index (χ0n) is 11.3. The fourth-order valence-electron chi connectivity index (χ4n) is 1.65. The summed E-state index contributed by atoms with van der Waals surface area (Å²) >= 11 is 1.44. The predicted molar refractivity (Wildman–Crippen MR) is 78.4 cm³/mol. The lowest BCUT2D eigenvalue weighted by Crippen LogP contribution is -2.23. The molecule has 2 rings (SSSR count). The summed E-state index contributed by atoms with van der Waals surface area (Å²) in [5.41, 5.74) is 1.26. The van der Waals surface area contributed by atoms with Gasteiger partial charge in [-0.05, 0) is 25.1 Å². The number of amides is 1. The van der Waals surface area contributed by atoms with Gasteiger partial charge in [0.25, 0.3) is 5.91 Å². The molecule has 0 aliphatic rings. The van der Waals surface area contributed by atoms with Crippen molar-refractivity contribution in [3.8, 4) is 11.8 Å². The molecule has 1 aromatic heterocycles. The van der Waals surface area contributed by atoms with Crippen LogP contribution in [0, 0.1) is 24.6 Å². The number of aliphatic hydroxyl groups excluding tert-OH is 1. The number of rotatable bonds is 3. The van der Waals surface area contributed by atoms with Crippen LogP contribution in [0.15, 0.2) is 23.6 Å². The summed E-state index contributed by atoms with van der Waals surface area (Å²) in [6.45, 7) is 1.84. The van der Waals surface area contributed by atoms with Gasteiger partial charge in [-0.25, -0.2) is 9.37 Å². The van der Waals surface area contributed by atoms with Crippen molar-refractivity contribution in [2.45, 2.75) is 13.5 Å². The van der Waals surface area contributed by atoms with Crippen molar-refractivity contribution < 1.29 is 14.3 Å². The minimum Gasteiger partial charge on any atom is -0.384 e. The fourth-order valence-corrected chi connectivity index (χ4v) is 2.37. The average molecular weight is 304 g/mol. The minimum absolute atomic E-state index is 0.0437. The molecule has 0 saturated carbocycles. The van der Waals surface area contributed by atoms with Crippen LogP contribution in [0.25, 0.3) is 0 Å². The molecule has 2 aromatic rings. The molecule has 0 aliphatic carbocycles. The van der Waals surface area contributed by atoms with Crippen LogP contribution in [0.2, 0.25) is 0 Å². The molecule has 108 valence electrons. The maximum absolute atomic E-state index is 13.9. The number of aryl methyl sites for hydroxylation is 1. The number of thiazole rings is 1. The molecule has 1 amide bonds. The topological polar surface area (TPSA) is 62.2 Å². The first-order valence-electron chi connectivity index (χ1n) is 6.18. The molecule has 1 heterocycles. The van der Waals surface area contributed by atoms with Crippen LogP contribution in [0.4, 0.5) is 4.39 Å². The molecule has 6 heteroatoms. The molecular weight excluding hydrogens is 291 g/mol. The van der Waals surface area contributed by atoms with Crippen LogP contribution >= 0.6 is 11.3 Å². The van der Waals surface area contributed by atoms with Crippen LogP contribution < -0.4 is 5.32 Å². The third kappa shape index (κ3) is 4.12. The van der Waals surface area contributed by atoms with E-state index in [0.29, 0.717) is 5.56 Å². The third-order valence-corrected chi connectivity index (χ3v) is 3.56. The SMILES string of the molecule is Cc1csc(CNC(=O)c2ccc(C#CCO)cc2F)n1. The number of benzene rings is 1. The van der Waals surface area contributed by atoms with E-state index in [1.54, 1.807) is 0 Å². The van der Waals surface area contributed by atoms with Gasteiger partial charge in [0.1, 0.15) is 17.4 Å². The number of carbonyl (C=O) groups excluding carboxylic acids is 1. The highest BCUT2D eigenvalue weighted by atomic mass is 32.1. The Labute approximate surface area is 125 Å². The van der Waals surface area contributed by atoms with E-state index in [1.165, 1.54) is 29.5 Å². The van der Waals surface area contributed by atoms with Crippen LogP contribution in [-0.4, -0.2) is 22.6 Å². The van der Waals surface area contributed by atoms with Gasteiger partial charge in [0.2, 0.25) is 0 Å². The van der Waals surface area contributed by atoms with Gasteiger partial charge in [0.15, 0.2) is 0 Å². The van der Waals surface area contributed by atoms with Crippen LogP contribution in [0.5, 0.6) is 0 Å². The Bertz CT molecular complexity index is 716. The molecule has 0 saturated heterocycles. The highest BCUT2D eigenvalue weighted by molar-refractivity contribution is 7.09. The molecule has 0 aliphatic heterocycles. The Hall–Kier alpha value is -2.23. The first-order valence-corrected chi connectivity index (χ1v) is 7.06. The smallest absolute Gasteiger partial charge is 0.254 e. The van der Waals surface area contributed by atoms with E-state index in [4.69, 9.17) is 5.11 Å². The van der Waals surface area contributed by atoms with Gasteiger partial charge < -0.3 is 10.4 Å². The highest BCUT2D eigenvalue weighted by Gasteiger charge is 2.12. The predicted octanol–water partition coefficient (Wildman–Crippen LogP) is 1.86. The van der Waals surface area contributed by atoms with E-state index in [0.717, 1.165) is 10.7 Å². The van der Waals surface area contributed by atoms with E-state index < -0.39 is 11.7 Å². The van der Waals surface area contributed by atoms with Crippen molar-refractivity contribution in [2.75, 3.05) is 6.61 Å². The Morgan fingerprint density at radius 1 is 1.52 bits per heavy atom. The molecule has 0 unspecified atom stereocenters. The Balaban J connectivity index is 2.05. The van der Waals surface area contributed by atoms with E-state index >= 15 is 0 Å². The van der Waals surface area contributed by atoms with Crippen molar-refractivity contribution in [2.24, 2.45) is 0 Å². The standard InChI is InChI=1S/C15H13FN2O2S/c1-10-9-21-14(18-10)8-17-15(20)12-5-4-11(3-2-6-19)7-13(12)16/h4-5,7,9,19H,6,8H2,1H3,(H,17,20). The first-order chi connectivity index (χ1) is 10.1. The van der Waals surface area contributed by atoms with E-state index in [9.17, 15) is 9.18 Å². The summed E-state index contributed by atoms with van der Waals surface area (Å²) in [5.74, 6) is 3.86. The third-order valence-electron chi connectivity index (χ3n) is 2.59. The molecule has 0 spiro atoms. The number of hydrogen-bond donors (Lipinski definition) is 2. The van der Waals surface area contributed by atoms with Crippen molar-refractivity contribution in [1.29, 1.82) is 0 Å². The highest BCUT2D eigenvalue weighted by Crippen LogP contribution is 2.11. The van der Waals surface area contributed by atoms with Gasteiger partial charge in [0.05, 0.1) is 12.1 Å². The fraction of sp³-hybridized carbons (Fsp3) is 0.200. The van der Waals surface area contributed by atoms with E-state index in [1.807, 2.05) is 12.3 Å². The zero-order valence-corrected chi connectivity index (χ0v) is 12.1. The number of aromatic nitrogens is 1. The Kier molecular flexibility index (Phi) is 5.04. The van der Waals surface area contributed by atoms with Gasteiger partial charge in [0, 0.05) is 16.6 Å². The van der Waals surface area contributed by atoms with E-state index in [-0.39, 0.29) is 18.7 Å². The quantitative estimate of drug-likeness (QED) is 0.851. The summed E-state index contributed by atoms with van der Waals surface area (Å²) in [7, 11) is 0. The summed E-state index contributed by atoms with van der Waals surface area (Å²) < 4.78 is 13.9. The molecular formula is C15H13FN2O2S. The molecule has 0 atom stereocenters. The van der Waals surface area contributed by atoms with Crippen molar-refractivity contribution in [1.82, 2.24) is 10.3 Å². The van der Waals surface area contributed by atoms with Crippen LogP contribution in [-0.2, 0) is 6.54 Å². The second-order valence-corrected chi connectivity index (χ2v) is 5.16. The molecule has 0 radical (unpaired) electrons. The van der Waals surface area contributed by atoms with Gasteiger partial charge >= 0.3 is 0 Å². The number of nitrogens with zero attached hydrogens (tertiary/aromatic N) is 1. The molecule has 2 N–H and O–H groups in total. The molecule has 4 nitrogen and oxygen atoms in total. The largest absolute Gasteiger partial charge is 0.384 e. The van der Waals surface area contributed by atoms with Crippen molar-refractivity contribution in [3.63, 3.8) is 0 Å². The maximum Gasteiger partial charge on any atom is 0.254 e. The molecule has 21 heavy (non-hydrogen) atoms. The van der Waals surface area contributed by atoms with Gasteiger partial charge in [-0.15, -0.1) is 11.3 Å². The Morgan fingerprint density at radius 2 is 2.33 bits per heavy atom. The minimum atomic E-state index is -0.646. The monoisotopic (exact) mass is 304 g/mol. The van der Waals surface area contributed by atoms with Crippen LogP contribution in [0.1, 0.15) is 26.6 Å². The second kappa shape index (κ2) is 6.97. The number of halogens is 1. The van der Waals surface area contributed by atoms with Gasteiger partial charge in [-0.2, -0.15) is 0 Å². The lowest BCUT2D eigenvalue weighted by molar-refractivity contribution is 0.0947. The zero-order chi connectivity index (χ0) is 15.2. The van der Waals surface area contributed by atoms with Gasteiger partial charge in [-0.1, -0.05) is 11.8 Å². The molecule has 0 bridgehead atoms. The molecule has 1 aromatic carbocycles. The number of hydrogen-bond acceptors (Lipinski definition) is 4. The van der Waals surface area contributed by atoms with Gasteiger partial charge in [-0.3, -0.25) is 4.79 Å². The Morgan fingerprint density at radius 3 is 2.95 bits per heavy atom. The van der Waals surface area contributed by atoms with Crippen molar-refractivity contribution in [3.05, 3.63) is 51.2 Å². The summed E-state index contributed by atoms with van der Waals surface area (Å²) in [4.78, 5) is 16.1. The molecule has 0 fully saturated rings. The lowest BCUT2D eigenvalue weighted by Gasteiger charge is -2.04. The average Bonchev–Trinajstić information content (AvgIpc) is 2.88. The van der Waals surface area contributed by atoms with Crippen LogP contribution in [0.3, 0.4) is 0 Å². The van der Waals surface area contributed by atoms with Crippen molar-refractivity contribution >= 4 is 17.2 Å². The lowest BCUT2D eigenvalue weighted by atomic mass is 10.1. The summed E-state index contributed by atoms with van der Waals surface area (Å²) in [6.07, 6.45) is 0. The maximum atomic E-state index is 13.9. The normalized spacial score (nSPS) is 9.86. The summed E-state index contributed by atoms with van der Waals surface area (Å²) in [6, 6.07) is 4.08. The number of carbonyl (C=O) groups is 1.